The van der Waals surface area contributed by atoms with E-state index >= 15 is 0 Å². The molecule has 0 bridgehead atoms. The van der Waals surface area contributed by atoms with Gasteiger partial charge in [0.2, 0.25) is 0 Å². The topological polar surface area (TPSA) is 20.2 Å². The molecule has 1 nitrogen and oxygen atoms in total. The Hall–Kier alpha value is 0.414. The van der Waals surface area contributed by atoms with Crippen LogP contribution in [0.1, 0.15) is 5.56 Å². The minimum Gasteiger partial charge on any atom is -0.506 e. The van der Waals surface area contributed by atoms with E-state index in [1.807, 2.05) is 0 Å². The molecule has 1 aromatic carbocycles. The summed E-state index contributed by atoms with van der Waals surface area (Å²) in [7, 11) is 0. The van der Waals surface area contributed by atoms with E-state index in [9.17, 15) is 0 Å². The van der Waals surface area contributed by atoms with Crippen molar-refractivity contribution in [2.75, 3.05) is 0 Å². The minimum atomic E-state index is 0. The number of phenolic OH excluding ortho intramolecular Hbond substituents is 1. The summed E-state index contributed by atoms with van der Waals surface area (Å²) in [6.07, 6.45) is 0. The smallest absolute Gasteiger partial charge is 0.137 e. The molecular formula is C7H7ClOY. The Bertz CT molecular complexity index is 205. The molecule has 0 aliphatic rings. The Morgan fingerprint density at radius 1 is 1.40 bits per heavy atom. The van der Waals surface area contributed by atoms with Gasteiger partial charge in [0.1, 0.15) is 5.75 Å². The van der Waals surface area contributed by atoms with Crippen LogP contribution in [-0.4, -0.2) is 5.11 Å². The van der Waals surface area contributed by atoms with E-state index < -0.39 is 0 Å². The Balaban J connectivity index is 0.000000810. The maximum atomic E-state index is 9.07. The van der Waals surface area contributed by atoms with E-state index in [1.54, 1.807) is 25.1 Å². The molecule has 0 atom stereocenters. The first-order chi connectivity index (χ1) is 4.22. The molecule has 0 spiro atoms. The van der Waals surface area contributed by atoms with Crippen LogP contribution in [0, 0.1) is 6.92 Å². The van der Waals surface area contributed by atoms with Crippen LogP contribution in [-0.2, 0) is 32.7 Å². The van der Waals surface area contributed by atoms with Crippen molar-refractivity contribution in [1.82, 2.24) is 0 Å². The van der Waals surface area contributed by atoms with Crippen LogP contribution >= 0.6 is 11.6 Å². The van der Waals surface area contributed by atoms with Gasteiger partial charge in [-0.3, -0.25) is 0 Å². The molecule has 0 fully saturated rings. The van der Waals surface area contributed by atoms with Crippen molar-refractivity contribution in [2.45, 2.75) is 6.92 Å². The third-order valence-corrected chi connectivity index (χ3v) is 1.49. The second-order valence-corrected chi connectivity index (χ2v) is 2.31. The van der Waals surface area contributed by atoms with Gasteiger partial charge < -0.3 is 5.11 Å². The molecule has 0 unspecified atom stereocenters. The fraction of sp³-hybridized carbons (Fsp3) is 0.143. The number of phenols is 1. The zero-order valence-corrected chi connectivity index (χ0v) is 9.23. The molecule has 10 heavy (non-hydrogen) atoms. The fourth-order valence-electron chi connectivity index (χ4n) is 0.623. The van der Waals surface area contributed by atoms with Crippen LogP contribution in [0.5, 0.6) is 5.75 Å². The monoisotopic (exact) mass is 231 g/mol. The number of rotatable bonds is 0. The van der Waals surface area contributed by atoms with Gasteiger partial charge in [-0.25, -0.2) is 0 Å². The van der Waals surface area contributed by atoms with Gasteiger partial charge in [0.15, 0.2) is 0 Å². The first kappa shape index (κ1) is 10.4. The summed E-state index contributed by atoms with van der Waals surface area (Å²) in [5.41, 5.74) is 0.808. The first-order valence-electron chi connectivity index (χ1n) is 2.66. The fourth-order valence-corrected chi connectivity index (χ4v) is 0.845. The molecule has 1 aromatic rings. The Labute approximate surface area is 90.3 Å². The molecule has 0 aromatic heterocycles. The summed E-state index contributed by atoms with van der Waals surface area (Å²) in [6, 6.07) is 5.27. The van der Waals surface area contributed by atoms with E-state index in [0.29, 0.717) is 5.02 Å². The Kier molecular flexibility index (Phi) is 4.50. The van der Waals surface area contributed by atoms with Crippen LogP contribution in [0.2, 0.25) is 5.02 Å². The number of hydrogen-bond donors (Lipinski definition) is 1. The average molecular weight is 231 g/mol. The zero-order chi connectivity index (χ0) is 6.85. The van der Waals surface area contributed by atoms with Crippen molar-refractivity contribution >= 4 is 11.6 Å². The largest absolute Gasteiger partial charge is 0.506 e. The number of benzene rings is 1. The summed E-state index contributed by atoms with van der Waals surface area (Å²) in [4.78, 5) is 0. The van der Waals surface area contributed by atoms with Crippen molar-refractivity contribution in [3.8, 4) is 5.75 Å². The summed E-state index contributed by atoms with van der Waals surface area (Å²) in [6.45, 7) is 1.81. The van der Waals surface area contributed by atoms with Crippen molar-refractivity contribution in [3.63, 3.8) is 0 Å². The van der Waals surface area contributed by atoms with Crippen LogP contribution in [0.4, 0.5) is 0 Å². The van der Waals surface area contributed by atoms with Gasteiger partial charge in [0.05, 0.1) is 5.02 Å². The maximum Gasteiger partial charge on any atom is 0.137 e. The summed E-state index contributed by atoms with van der Waals surface area (Å²) in [5.74, 6) is 0.180. The van der Waals surface area contributed by atoms with E-state index in [2.05, 4.69) is 0 Å². The second-order valence-electron chi connectivity index (χ2n) is 1.91. The van der Waals surface area contributed by atoms with Crippen molar-refractivity contribution < 1.29 is 37.8 Å². The van der Waals surface area contributed by atoms with E-state index in [4.69, 9.17) is 16.7 Å². The molecule has 0 saturated carbocycles. The van der Waals surface area contributed by atoms with E-state index in [0.717, 1.165) is 5.56 Å². The molecule has 0 amide bonds. The Morgan fingerprint density at radius 2 is 2.00 bits per heavy atom. The molecule has 0 aliphatic heterocycles. The third kappa shape index (κ3) is 2.23. The normalized spacial score (nSPS) is 8.60. The van der Waals surface area contributed by atoms with Crippen LogP contribution < -0.4 is 0 Å². The van der Waals surface area contributed by atoms with Gasteiger partial charge in [-0.15, -0.1) is 0 Å². The first-order valence-corrected chi connectivity index (χ1v) is 3.03. The second kappa shape index (κ2) is 4.32. The third-order valence-electron chi connectivity index (χ3n) is 1.19. The van der Waals surface area contributed by atoms with Crippen molar-refractivity contribution in [3.05, 3.63) is 28.8 Å². The number of para-hydroxylation sites is 1. The van der Waals surface area contributed by atoms with Crippen LogP contribution in [0.3, 0.4) is 0 Å². The van der Waals surface area contributed by atoms with Gasteiger partial charge in [-0.2, -0.15) is 0 Å². The molecule has 1 rings (SSSR count). The van der Waals surface area contributed by atoms with Crippen molar-refractivity contribution in [1.29, 1.82) is 0 Å². The summed E-state index contributed by atoms with van der Waals surface area (Å²) >= 11 is 5.56. The number of halogens is 1. The molecule has 1 radical (unpaired) electrons. The van der Waals surface area contributed by atoms with Gasteiger partial charge >= 0.3 is 0 Å². The average Bonchev–Trinajstić information content (AvgIpc) is 1.83. The molecular weight excluding hydrogens is 224 g/mol. The SMILES string of the molecule is Cc1cccc(Cl)c1O.[Y]. The van der Waals surface area contributed by atoms with Crippen LogP contribution in [0.15, 0.2) is 18.2 Å². The maximum absolute atomic E-state index is 9.07. The standard InChI is InChI=1S/C7H7ClO.Y/c1-5-3-2-4-6(8)7(5)9;/h2-4,9H,1H3;. The summed E-state index contributed by atoms with van der Waals surface area (Å²) < 4.78 is 0. The molecule has 51 valence electrons. The quantitative estimate of drug-likeness (QED) is 0.727. The molecule has 1 N–H and O–H groups in total. The number of aryl methyl sites for hydroxylation is 1. The van der Waals surface area contributed by atoms with Crippen molar-refractivity contribution in [2.24, 2.45) is 0 Å². The Morgan fingerprint density at radius 3 is 2.40 bits per heavy atom. The van der Waals surface area contributed by atoms with E-state index in [-0.39, 0.29) is 38.5 Å². The minimum absolute atomic E-state index is 0. The number of hydrogen-bond acceptors (Lipinski definition) is 1. The predicted molar refractivity (Wildman–Crippen MR) is 37.9 cm³/mol. The van der Waals surface area contributed by atoms with Gasteiger partial charge in [0, 0.05) is 32.7 Å². The zero-order valence-electron chi connectivity index (χ0n) is 5.63. The summed E-state index contributed by atoms with van der Waals surface area (Å²) in [5, 5.41) is 9.49. The molecule has 3 heteroatoms. The van der Waals surface area contributed by atoms with Gasteiger partial charge in [0.25, 0.3) is 0 Å². The molecule has 0 aliphatic carbocycles. The van der Waals surface area contributed by atoms with Gasteiger partial charge in [-0.1, -0.05) is 23.7 Å². The predicted octanol–water partition coefficient (Wildman–Crippen LogP) is 2.35. The molecule has 0 heterocycles. The van der Waals surface area contributed by atoms with E-state index in [1.165, 1.54) is 0 Å². The molecule has 0 saturated heterocycles. The van der Waals surface area contributed by atoms with Crippen LogP contribution in [0.25, 0.3) is 0 Å². The number of aromatic hydroxyl groups is 1. The van der Waals surface area contributed by atoms with Gasteiger partial charge in [-0.05, 0) is 18.6 Å².